The summed E-state index contributed by atoms with van der Waals surface area (Å²) in [4.78, 5) is 8.99. The van der Waals surface area contributed by atoms with Gasteiger partial charge in [-0.3, -0.25) is 4.98 Å². The maximum absolute atomic E-state index is 5.38. The Balaban J connectivity index is 1.71. The predicted molar refractivity (Wildman–Crippen MR) is 79.5 cm³/mol. The zero-order chi connectivity index (χ0) is 15.8. The van der Waals surface area contributed by atoms with Gasteiger partial charge >= 0.3 is 0 Å². The van der Waals surface area contributed by atoms with Gasteiger partial charge in [0.2, 0.25) is 11.7 Å². The third kappa shape index (κ3) is 2.50. The highest BCUT2D eigenvalue weighted by Crippen LogP contribution is 2.28. The Morgan fingerprint density at radius 3 is 2.91 bits per heavy atom. The molecule has 0 saturated carbocycles. The van der Waals surface area contributed by atoms with Crippen LogP contribution in [0.1, 0.15) is 34.1 Å². The molecular formula is C15H16N6O2. The van der Waals surface area contributed by atoms with E-state index in [0.29, 0.717) is 23.8 Å². The van der Waals surface area contributed by atoms with Crippen LogP contribution in [0.3, 0.4) is 0 Å². The summed E-state index contributed by atoms with van der Waals surface area (Å²) in [5, 5.41) is 15.1. The summed E-state index contributed by atoms with van der Waals surface area (Å²) in [6.45, 7) is 5.57. The SMILES string of the molecule is Cc1nonc1Cc1nc(-c2c(C)ncc3c2CCNC3)no1. The van der Waals surface area contributed by atoms with Crippen molar-refractivity contribution in [3.8, 4) is 11.4 Å². The van der Waals surface area contributed by atoms with Gasteiger partial charge in [0, 0.05) is 24.0 Å². The quantitative estimate of drug-likeness (QED) is 0.773. The standard InChI is InChI=1S/C15H16N6O2/c1-8-12(20-23-19-8)5-13-18-15(21-22-13)14-9(2)17-7-10-6-16-4-3-11(10)14/h7,16H,3-6H2,1-2H3. The lowest BCUT2D eigenvalue weighted by atomic mass is 9.95. The first-order valence-corrected chi connectivity index (χ1v) is 7.51. The van der Waals surface area contributed by atoms with Crippen molar-refractivity contribution in [1.82, 2.24) is 30.8 Å². The molecule has 0 spiro atoms. The molecule has 0 bridgehead atoms. The predicted octanol–water partition coefficient (Wildman–Crippen LogP) is 1.37. The lowest BCUT2D eigenvalue weighted by molar-refractivity contribution is 0.300. The number of nitrogens with one attached hydrogen (secondary N) is 1. The maximum atomic E-state index is 5.38. The van der Waals surface area contributed by atoms with Crippen LogP contribution in [-0.4, -0.2) is 32.0 Å². The molecule has 8 nitrogen and oxygen atoms in total. The maximum Gasteiger partial charge on any atom is 0.233 e. The fraction of sp³-hybridized carbons (Fsp3) is 0.400. The summed E-state index contributed by atoms with van der Waals surface area (Å²) >= 11 is 0. The third-order valence-electron chi connectivity index (χ3n) is 4.09. The van der Waals surface area contributed by atoms with Gasteiger partial charge in [0.05, 0.1) is 6.42 Å². The van der Waals surface area contributed by atoms with Gasteiger partial charge in [-0.1, -0.05) is 15.5 Å². The van der Waals surface area contributed by atoms with Gasteiger partial charge in [0.25, 0.3) is 0 Å². The summed E-state index contributed by atoms with van der Waals surface area (Å²) in [5.74, 6) is 1.07. The zero-order valence-electron chi connectivity index (χ0n) is 13.0. The third-order valence-corrected chi connectivity index (χ3v) is 4.09. The molecule has 8 heteroatoms. The molecule has 0 aromatic carbocycles. The van der Waals surface area contributed by atoms with Gasteiger partial charge in [-0.25, -0.2) is 4.63 Å². The first-order chi connectivity index (χ1) is 11.2. The van der Waals surface area contributed by atoms with E-state index >= 15 is 0 Å². The average molecular weight is 312 g/mol. The summed E-state index contributed by atoms with van der Waals surface area (Å²) < 4.78 is 10.1. The van der Waals surface area contributed by atoms with Crippen molar-refractivity contribution in [2.45, 2.75) is 33.2 Å². The number of hydrogen-bond acceptors (Lipinski definition) is 8. The molecule has 0 aliphatic carbocycles. The molecule has 4 heterocycles. The Bertz CT molecular complexity index is 854. The second-order valence-corrected chi connectivity index (χ2v) is 5.63. The highest BCUT2D eigenvalue weighted by molar-refractivity contribution is 5.64. The number of nitrogens with zero attached hydrogens (tertiary/aromatic N) is 5. The van der Waals surface area contributed by atoms with E-state index in [1.165, 1.54) is 11.1 Å². The minimum atomic E-state index is 0.408. The van der Waals surface area contributed by atoms with E-state index in [1.807, 2.05) is 20.0 Å². The summed E-state index contributed by atoms with van der Waals surface area (Å²) in [7, 11) is 0. The fourth-order valence-electron chi connectivity index (χ4n) is 2.85. The normalized spacial score (nSPS) is 14.0. The second-order valence-electron chi connectivity index (χ2n) is 5.63. The number of pyridine rings is 1. The van der Waals surface area contributed by atoms with Crippen molar-refractivity contribution in [2.24, 2.45) is 0 Å². The lowest BCUT2D eigenvalue weighted by Gasteiger charge is -2.19. The zero-order valence-corrected chi connectivity index (χ0v) is 13.0. The Morgan fingerprint density at radius 2 is 2.09 bits per heavy atom. The van der Waals surface area contributed by atoms with Crippen molar-refractivity contribution in [3.05, 3.63) is 40.3 Å². The molecule has 1 aliphatic rings. The van der Waals surface area contributed by atoms with Crippen LogP contribution in [0.2, 0.25) is 0 Å². The number of aryl methyl sites for hydroxylation is 2. The van der Waals surface area contributed by atoms with Crippen molar-refractivity contribution < 1.29 is 9.15 Å². The molecule has 4 rings (SSSR count). The van der Waals surface area contributed by atoms with E-state index < -0.39 is 0 Å². The minimum Gasteiger partial charge on any atom is -0.339 e. The Morgan fingerprint density at radius 1 is 1.17 bits per heavy atom. The van der Waals surface area contributed by atoms with E-state index in [9.17, 15) is 0 Å². The lowest BCUT2D eigenvalue weighted by Crippen LogP contribution is -2.24. The summed E-state index contributed by atoms with van der Waals surface area (Å²) in [6, 6.07) is 0. The molecule has 1 aliphatic heterocycles. The van der Waals surface area contributed by atoms with Crippen LogP contribution in [0.25, 0.3) is 11.4 Å². The van der Waals surface area contributed by atoms with Gasteiger partial charge in [-0.15, -0.1) is 0 Å². The molecule has 0 unspecified atom stereocenters. The largest absolute Gasteiger partial charge is 0.339 e. The van der Waals surface area contributed by atoms with E-state index in [2.05, 4.69) is 30.8 Å². The number of rotatable bonds is 3. The minimum absolute atomic E-state index is 0.408. The number of fused-ring (bicyclic) bond motifs is 1. The van der Waals surface area contributed by atoms with E-state index in [0.717, 1.165) is 36.5 Å². The molecular weight excluding hydrogens is 296 g/mol. The molecule has 23 heavy (non-hydrogen) atoms. The van der Waals surface area contributed by atoms with Gasteiger partial charge < -0.3 is 9.84 Å². The Labute approximate surface area is 132 Å². The van der Waals surface area contributed by atoms with Crippen LogP contribution >= 0.6 is 0 Å². The van der Waals surface area contributed by atoms with Gasteiger partial charge in [0.15, 0.2) is 0 Å². The van der Waals surface area contributed by atoms with Crippen LogP contribution in [0, 0.1) is 13.8 Å². The van der Waals surface area contributed by atoms with Gasteiger partial charge in [-0.05, 0) is 37.9 Å². The van der Waals surface area contributed by atoms with E-state index in [-0.39, 0.29) is 0 Å². The first-order valence-electron chi connectivity index (χ1n) is 7.51. The van der Waals surface area contributed by atoms with Crippen LogP contribution in [0.5, 0.6) is 0 Å². The van der Waals surface area contributed by atoms with Crippen LogP contribution in [0.15, 0.2) is 15.3 Å². The molecule has 1 N–H and O–H groups in total. The smallest absolute Gasteiger partial charge is 0.233 e. The number of hydrogen-bond donors (Lipinski definition) is 1. The molecule has 3 aromatic rings. The average Bonchev–Trinajstić information content (AvgIpc) is 3.17. The van der Waals surface area contributed by atoms with E-state index in [1.54, 1.807) is 0 Å². The van der Waals surface area contributed by atoms with E-state index in [4.69, 9.17) is 9.15 Å². The first kappa shape index (κ1) is 14.0. The monoisotopic (exact) mass is 312 g/mol. The van der Waals surface area contributed by atoms with Crippen LogP contribution in [-0.2, 0) is 19.4 Å². The molecule has 3 aromatic heterocycles. The summed E-state index contributed by atoms with van der Waals surface area (Å²) in [5.41, 5.74) is 5.77. The van der Waals surface area contributed by atoms with Crippen molar-refractivity contribution in [1.29, 1.82) is 0 Å². The molecule has 0 fully saturated rings. The highest BCUT2D eigenvalue weighted by atomic mass is 16.6. The van der Waals surface area contributed by atoms with Crippen molar-refractivity contribution in [3.63, 3.8) is 0 Å². The number of aromatic nitrogens is 5. The van der Waals surface area contributed by atoms with Gasteiger partial charge in [-0.2, -0.15) is 4.98 Å². The molecule has 0 radical (unpaired) electrons. The van der Waals surface area contributed by atoms with Crippen LogP contribution < -0.4 is 5.32 Å². The fourth-order valence-corrected chi connectivity index (χ4v) is 2.85. The molecule has 0 saturated heterocycles. The second kappa shape index (κ2) is 5.54. The van der Waals surface area contributed by atoms with Gasteiger partial charge in [0.1, 0.15) is 11.4 Å². The molecule has 118 valence electrons. The van der Waals surface area contributed by atoms with Crippen molar-refractivity contribution in [2.75, 3.05) is 6.54 Å². The topological polar surface area (TPSA) is 103 Å². The van der Waals surface area contributed by atoms with Crippen molar-refractivity contribution >= 4 is 0 Å². The van der Waals surface area contributed by atoms with Crippen LogP contribution in [0.4, 0.5) is 0 Å². The molecule has 0 atom stereocenters. The molecule has 0 amide bonds. The Kier molecular flexibility index (Phi) is 3.38. The highest BCUT2D eigenvalue weighted by Gasteiger charge is 2.21. The Hall–Kier alpha value is -2.61. The summed E-state index contributed by atoms with van der Waals surface area (Å²) in [6.07, 6.45) is 3.27.